The maximum atomic E-state index is 13.1. The average Bonchev–Trinajstić information content (AvgIpc) is 3.00. The second kappa shape index (κ2) is 5.62. The highest BCUT2D eigenvalue weighted by atomic mass is 16.2. The molecule has 4 rings (SSSR count). The van der Waals surface area contributed by atoms with Crippen molar-refractivity contribution in [2.75, 3.05) is 11.4 Å². The molecular formula is C20H22N2O2. The van der Waals surface area contributed by atoms with Gasteiger partial charge < -0.3 is 9.88 Å². The quantitative estimate of drug-likeness (QED) is 0.877. The van der Waals surface area contributed by atoms with Crippen LogP contribution in [-0.4, -0.2) is 17.4 Å². The molecule has 1 amide bonds. The van der Waals surface area contributed by atoms with Crippen molar-refractivity contribution < 1.29 is 4.79 Å². The van der Waals surface area contributed by atoms with Crippen LogP contribution in [-0.2, 0) is 19.3 Å². The lowest BCUT2D eigenvalue weighted by Crippen LogP contribution is -2.38. The topological polar surface area (TPSA) is 53.2 Å². The third-order valence-electron chi connectivity index (χ3n) is 5.26. The first kappa shape index (κ1) is 15.2. The van der Waals surface area contributed by atoms with Gasteiger partial charge in [0.05, 0.1) is 0 Å². The van der Waals surface area contributed by atoms with Crippen molar-refractivity contribution in [2.45, 2.75) is 46.0 Å². The highest BCUT2D eigenvalue weighted by molar-refractivity contribution is 6.06. The molecule has 0 atom stereocenters. The van der Waals surface area contributed by atoms with Crippen LogP contribution in [0, 0.1) is 13.8 Å². The van der Waals surface area contributed by atoms with E-state index in [1.165, 1.54) is 11.1 Å². The van der Waals surface area contributed by atoms with Gasteiger partial charge in [-0.3, -0.25) is 9.59 Å². The second-order valence-electron chi connectivity index (χ2n) is 7.01. The van der Waals surface area contributed by atoms with E-state index in [0.717, 1.165) is 54.6 Å². The molecule has 0 spiro atoms. The Morgan fingerprint density at radius 1 is 1.08 bits per heavy atom. The minimum atomic E-state index is -0.253. The number of amides is 1. The molecule has 0 fully saturated rings. The van der Waals surface area contributed by atoms with E-state index < -0.39 is 0 Å². The van der Waals surface area contributed by atoms with Crippen molar-refractivity contribution >= 4 is 11.6 Å². The summed E-state index contributed by atoms with van der Waals surface area (Å²) in [5, 5.41) is 0. The molecule has 2 aliphatic rings. The lowest BCUT2D eigenvalue weighted by molar-refractivity contribution is 0.0983. The van der Waals surface area contributed by atoms with Gasteiger partial charge in [0.25, 0.3) is 11.5 Å². The number of hydrogen-bond donors (Lipinski definition) is 1. The number of aromatic amines is 1. The van der Waals surface area contributed by atoms with Gasteiger partial charge >= 0.3 is 0 Å². The minimum absolute atomic E-state index is 0.170. The van der Waals surface area contributed by atoms with E-state index >= 15 is 0 Å². The Morgan fingerprint density at radius 2 is 1.92 bits per heavy atom. The van der Waals surface area contributed by atoms with Crippen LogP contribution in [0.1, 0.15) is 51.1 Å². The van der Waals surface area contributed by atoms with E-state index in [1.807, 2.05) is 13.0 Å². The average molecular weight is 322 g/mol. The first-order chi connectivity index (χ1) is 11.5. The van der Waals surface area contributed by atoms with Gasteiger partial charge in [-0.25, -0.2) is 0 Å². The fraction of sp³-hybridized carbons (Fsp3) is 0.400. The Morgan fingerprint density at radius 3 is 2.75 bits per heavy atom. The summed E-state index contributed by atoms with van der Waals surface area (Å²) in [5.41, 5.74) is 6.73. The Hall–Kier alpha value is -2.36. The van der Waals surface area contributed by atoms with Crippen LogP contribution in [0.3, 0.4) is 0 Å². The second-order valence-corrected chi connectivity index (χ2v) is 7.01. The van der Waals surface area contributed by atoms with Crippen LogP contribution in [0.25, 0.3) is 0 Å². The molecule has 24 heavy (non-hydrogen) atoms. The Bertz CT molecular complexity index is 895. The van der Waals surface area contributed by atoms with Crippen LogP contribution >= 0.6 is 0 Å². The number of carbonyl (C=O) groups excluding carboxylic acids is 1. The van der Waals surface area contributed by atoms with Gasteiger partial charge in [0.1, 0.15) is 5.56 Å². The minimum Gasteiger partial charge on any atom is -0.325 e. The Balaban J connectivity index is 1.79. The molecule has 1 aliphatic carbocycles. The zero-order chi connectivity index (χ0) is 16.8. The molecule has 0 radical (unpaired) electrons. The lowest BCUT2D eigenvalue weighted by atomic mass is 9.94. The van der Waals surface area contributed by atoms with Gasteiger partial charge in [-0.05, 0) is 80.3 Å². The van der Waals surface area contributed by atoms with Crippen LogP contribution in [0.2, 0.25) is 0 Å². The molecule has 4 nitrogen and oxygen atoms in total. The fourth-order valence-electron chi connectivity index (χ4n) is 4.10. The zero-order valence-corrected chi connectivity index (χ0v) is 14.2. The van der Waals surface area contributed by atoms with Crippen LogP contribution < -0.4 is 10.5 Å². The molecule has 0 bridgehead atoms. The van der Waals surface area contributed by atoms with Gasteiger partial charge in [-0.2, -0.15) is 0 Å². The summed E-state index contributed by atoms with van der Waals surface area (Å²) in [6, 6.07) is 6.05. The predicted octanol–water partition coefficient (Wildman–Crippen LogP) is 3.07. The molecule has 0 saturated carbocycles. The van der Waals surface area contributed by atoms with Crippen molar-refractivity contribution in [2.24, 2.45) is 0 Å². The number of H-pyrrole nitrogens is 1. The van der Waals surface area contributed by atoms with Gasteiger partial charge in [0, 0.05) is 17.9 Å². The summed E-state index contributed by atoms with van der Waals surface area (Å²) in [6.07, 6.45) is 4.83. The SMILES string of the molecule is Cc1cc(C)c2c(c1)N(C(=O)c1cc3c([nH]c1=O)CCC3)CCC2. The molecule has 0 unspecified atom stereocenters. The first-order valence-corrected chi connectivity index (χ1v) is 8.71. The molecular weight excluding hydrogens is 300 g/mol. The number of anilines is 1. The van der Waals surface area contributed by atoms with E-state index in [1.54, 1.807) is 4.90 Å². The molecule has 124 valence electrons. The number of nitrogens with one attached hydrogen (secondary N) is 1. The van der Waals surface area contributed by atoms with Crippen LogP contribution in [0.4, 0.5) is 5.69 Å². The maximum absolute atomic E-state index is 13.1. The fourth-order valence-corrected chi connectivity index (χ4v) is 4.10. The molecule has 1 aromatic heterocycles. The summed E-state index contributed by atoms with van der Waals surface area (Å²) in [6.45, 7) is 4.82. The third-order valence-corrected chi connectivity index (χ3v) is 5.26. The first-order valence-electron chi connectivity index (χ1n) is 8.71. The van der Waals surface area contributed by atoms with Crippen molar-refractivity contribution in [3.05, 3.63) is 62.1 Å². The summed E-state index contributed by atoms with van der Waals surface area (Å²) in [7, 11) is 0. The normalized spacial score (nSPS) is 16.0. The largest absolute Gasteiger partial charge is 0.325 e. The van der Waals surface area contributed by atoms with E-state index in [9.17, 15) is 9.59 Å². The smallest absolute Gasteiger partial charge is 0.263 e. The number of aryl methyl sites for hydroxylation is 4. The lowest BCUT2D eigenvalue weighted by Gasteiger charge is -2.31. The van der Waals surface area contributed by atoms with Crippen molar-refractivity contribution in [3.8, 4) is 0 Å². The standard InChI is InChI=1S/C20H22N2O2/c1-12-9-13(2)15-6-4-8-22(18(15)10-12)20(24)16-11-14-5-3-7-17(14)21-19(16)23/h9-11H,3-8H2,1-2H3,(H,21,23). The van der Waals surface area contributed by atoms with Gasteiger partial charge in [-0.1, -0.05) is 6.07 Å². The highest BCUT2D eigenvalue weighted by Gasteiger charge is 2.27. The monoisotopic (exact) mass is 322 g/mol. The number of nitrogens with zero attached hydrogens (tertiary/aromatic N) is 1. The van der Waals surface area contributed by atoms with Crippen molar-refractivity contribution in [1.29, 1.82) is 0 Å². The highest BCUT2D eigenvalue weighted by Crippen LogP contribution is 2.32. The summed E-state index contributed by atoms with van der Waals surface area (Å²) in [5.74, 6) is -0.170. The number of aromatic nitrogens is 1. The molecule has 4 heteroatoms. The molecule has 2 aromatic rings. The predicted molar refractivity (Wildman–Crippen MR) is 95.0 cm³/mol. The zero-order valence-electron chi connectivity index (χ0n) is 14.2. The Kier molecular flexibility index (Phi) is 3.56. The van der Waals surface area contributed by atoms with Gasteiger partial charge in [-0.15, -0.1) is 0 Å². The van der Waals surface area contributed by atoms with Crippen molar-refractivity contribution in [1.82, 2.24) is 4.98 Å². The van der Waals surface area contributed by atoms with Crippen molar-refractivity contribution in [3.63, 3.8) is 0 Å². The van der Waals surface area contributed by atoms with Gasteiger partial charge in [0.15, 0.2) is 0 Å². The summed E-state index contributed by atoms with van der Waals surface area (Å²) >= 11 is 0. The number of fused-ring (bicyclic) bond motifs is 2. The molecule has 1 N–H and O–H groups in total. The molecule has 1 aromatic carbocycles. The maximum Gasteiger partial charge on any atom is 0.263 e. The summed E-state index contributed by atoms with van der Waals surface area (Å²) in [4.78, 5) is 30.2. The third kappa shape index (κ3) is 2.37. The summed E-state index contributed by atoms with van der Waals surface area (Å²) < 4.78 is 0. The van der Waals surface area contributed by atoms with E-state index in [0.29, 0.717) is 6.54 Å². The van der Waals surface area contributed by atoms with E-state index in [4.69, 9.17) is 0 Å². The van der Waals surface area contributed by atoms with E-state index in [-0.39, 0.29) is 17.0 Å². The Labute approximate surface area is 141 Å². The number of carbonyl (C=O) groups is 1. The number of hydrogen-bond acceptors (Lipinski definition) is 2. The number of rotatable bonds is 1. The number of benzene rings is 1. The molecule has 2 heterocycles. The van der Waals surface area contributed by atoms with E-state index in [2.05, 4.69) is 24.0 Å². The molecule has 0 saturated heterocycles. The van der Waals surface area contributed by atoms with Crippen LogP contribution in [0.5, 0.6) is 0 Å². The van der Waals surface area contributed by atoms with Gasteiger partial charge in [0.2, 0.25) is 0 Å². The van der Waals surface area contributed by atoms with Crippen LogP contribution in [0.15, 0.2) is 23.0 Å². The number of pyridine rings is 1. The molecule has 1 aliphatic heterocycles.